The number of nitrogens with one attached hydrogen (secondary N) is 2. The molecule has 30 heavy (non-hydrogen) atoms. The fraction of sp³-hybridized carbons (Fsp3) is 0.417. The molecule has 2 heterocycles. The second-order valence-corrected chi connectivity index (χ2v) is 8.87. The third-order valence-electron chi connectivity index (χ3n) is 6.75. The Morgan fingerprint density at radius 3 is 2.67 bits per heavy atom. The van der Waals surface area contributed by atoms with Crippen LogP contribution in [0.1, 0.15) is 36.8 Å². The summed E-state index contributed by atoms with van der Waals surface area (Å²) in [5.74, 6) is 0.0683. The smallest absolute Gasteiger partial charge is 0.410 e. The van der Waals surface area contributed by atoms with Gasteiger partial charge in [-0.1, -0.05) is 36.4 Å². The molecule has 5 rings (SSSR count). The van der Waals surface area contributed by atoms with E-state index < -0.39 is 0 Å². The minimum absolute atomic E-state index is 0.0683. The quantitative estimate of drug-likeness (QED) is 0.801. The third-order valence-corrected chi connectivity index (χ3v) is 6.75. The first-order valence-corrected chi connectivity index (χ1v) is 10.7. The Bertz CT molecular complexity index is 943. The van der Waals surface area contributed by atoms with E-state index in [-0.39, 0.29) is 12.0 Å². The Morgan fingerprint density at radius 2 is 1.90 bits per heavy atom. The molecule has 156 valence electrons. The van der Waals surface area contributed by atoms with Crippen molar-refractivity contribution in [2.75, 3.05) is 23.7 Å². The van der Waals surface area contributed by atoms with Crippen LogP contribution in [0.4, 0.5) is 16.2 Å². The summed E-state index contributed by atoms with van der Waals surface area (Å²) in [4.78, 5) is 25.7. The first kappa shape index (κ1) is 19.0. The number of nitrogens with zero attached hydrogens (tertiary/aromatic N) is 1. The molecule has 0 bridgehead atoms. The molecule has 1 saturated heterocycles. The minimum atomic E-state index is -0.206. The van der Waals surface area contributed by atoms with Gasteiger partial charge in [0.25, 0.3) is 0 Å². The number of hydrogen-bond donors (Lipinski definition) is 2. The van der Waals surface area contributed by atoms with Crippen LogP contribution in [0.15, 0.2) is 48.5 Å². The average Bonchev–Trinajstić information content (AvgIpc) is 3.11. The molecule has 2 aromatic carbocycles. The third kappa shape index (κ3) is 3.86. The van der Waals surface area contributed by atoms with Crippen molar-refractivity contribution in [2.24, 2.45) is 5.41 Å². The van der Waals surface area contributed by atoms with Gasteiger partial charge >= 0.3 is 6.09 Å². The van der Waals surface area contributed by atoms with Crippen LogP contribution < -0.4 is 10.6 Å². The van der Waals surface area contributed by atoms with Gasteiger partial charge in [-0.25, -0.2) is 4.79 Å². The Morgan fingerprint density at radius 1 is 1.13 bits per heavy atom. The number of ether oxygens (including phenoxy) is 1. The van der Waals surface area contributed by atoms with E-state index in [4.69, 9.17) is 4.74 Å². The van der Waals surface area contributed by atoms with Gasteiger partial charge in [0, 0.05) is 30.5 Å². The molecule has 0 atom stereocenters. The van der Waals surface area contributed by atoms with Crippen molar-refractivity contribution >= 4 is 23.4 Å². The first-order valence-electron chi connectivity index (χ1n) is 10.7. The fourth-order valence-electron chi connectivity index (χ4n) is 5.01. The first-order chi connectivity index (χ1) is 14.6. The zero-order chi connectivity index (χ0) is 20.6. The number of piperidine rings is 1. The van der Waals surface area contributed by atoms with Gasteiger partial charge in [0.15, 0.2) is 0 Å². The molecule has 6 heteroatoms. The van der Waals surface area contributed by atoms with Crippen molar-refractivity contribution in [3.05, 3.63) is 59.7 Å². The topological polar surface area (TPSA) is 70.7 Å². The lowest BCUT2D eigenvalue weighted by Gasteiger charge is -2.52. The molecular weight excluding hydrogens is 378 g/mol. The Hall–Kier alpha value is -3.02. The largest absolute Gasteiger partial charge is 0.445 e. The summed E-state index contributed by atoms with van der Waals surface area (Å²) in [5.41, 5.74) is 4.43. The van der Waals surface area contributed by atoms with E-state index in [9.17, 15) is 9.59 Å². The maximum atomic E-state index is 12.4. The van der Waals surface area contributed by atoms with Crippen LogP contribution in [-0.4, -0.2) is 36.0 Å². The number of carbonyl (C=O) groups is 2. The Labute approximate surface area is 176 Å². The number of fused-ring (bicyclic) bond motifs is 1. The lowest BCUT2D eigenvalue weighted by molar-refractivity contribution is -0.115. The van der Waals surface area contributed by atoms with Crippen LogP contribution in [0.25, 0.3) is 0 Å². The van der Waals surface area contributed by atoms with Crippen LogP contribution >= 0.6 is 0 Å². The second-order valence-electron chi connectivity index (χ2n) is 8.87. The molecule has 2 amide bonds. The zero-order valence-electron chi connectivity index (χ0n) is 17.0. The predicted molar refractivity (Wildman–Crippen MR) is 115 cm³/mol. The van der Waals surface area contributed by atoms with Crippen LogP contribution in [0.2, 0.25) is 0 Å². The summed E-state index contributed by atoms with van der Waals surface area (Å²) in [5, 5.41) is 6.52. The van der Waals surface area contributed by atoms with Crippen molar-refractivity contribution in [2.45, 2.75) is 44.8 Å². The normalized spacial score (nSPS) is 19.7. The highest BCUT2D eigenvalue weighted by Gasteiger charge is 2.46. The van der Waals surface area contributed by atoms with Gasteiger partial charge in [0.05, 0.1) is 6.42 Å². The summed E-state index contributed by atoms with van der Waals surface area (Å²) in [6, 6.07) is 16.4. The number of likely N-dealkylation sites (tertiary alicyclic amines) is 1. The number of benzene rings is 2. The summed E-state index contributed by atoms with van der Waals surface area (Å²) in [6.07, 6.45) is 4.60. The molecule has 2 N–H and O–H groups in total. The van der Waals surface area contributed by atoms with Crippen LogP contribution in [0.5, 0.6) is 0 Å². The minimum Gasteiger partial charge on any atom is -0.445 e. The van der Waals surface area contributed by atoms with E-state index in [0.29, 0.717) is 24.5 Å². The molecule has 0 unspecified atom stereocenters. The van der Waals surface area contributed by atoms with Crippen molar-refractivity contribution in [3.8, 4) is 0 Å². The number of rotatable bonds is 4. The van der Waals surface area contributed by atoms with E-state index in [1.165, 1.54) is 0 Å². The van der Waals surface area contributed by atoms with Crippen molar-refractivity contribution < 1.29 is 14.3 Å². The van der Waals surface area contributed by atoms with Crippen molar-refractivity contribution in [1.82, 2.24) is 4.90 Å². The van der Waals surface area contributed by atoms with Crippen molar-refractivity contribution in [3.63, 3.8) is 0 Å². The second kappa shape index (κ2) is 7.67. The lowest BCUT2D eigenvalue weighted by Crippen LogP contribution is -2.52. The van der Waals surface area contributed by atoms with Gasteiger partial charge in [-0.15, -0.1) is 0 Å². The van der Waals surface area contributed by atoms with Gasteiger partial charge in [-0.05, 0) is 54.4 Å². The number of anilines is 2. The molecule has 2 fully saturated rings. The fourth-order valence-corrected chi connectivity index (χ4v) is 5.01. The molecule has 1 spiro atoms. The highest BCUT2D eigenvalue weighted by molar-refractivity contribution is 5.99. The SMILES string of the molecule is O=C1Cc2ccc(NC3CC4(CCN(C(=O)OCc5ccccc5)CC4)C3)cc2N1. The molecular formula is C24H27N3O3. The highest BCUT2D eigenvalue weighted by Crippen LogP contribution is 2.50. The van der Waals surface area contributed by atoms with Gasteiger partial charge in [-0.2, -0.15) is 0 Å². The summed E-state index contributed by atoms with van der Waals surface area (Å²) < 4.78 is 5.48. The van der Waals surface area contributed by atoms with Crippen LogP contribution in [0, 0.1) is 5.41 Å². The monoisotopic (exact) mass is 405 g/mol. The van der Waals surface area contributed by atoms with Gasteiger partial charge in [0.1, 0.15) is 6.61 Å². The molecule has 6 nitrogen and oxygen atoms in total. The number of hydrogen-bond acceptors (Lipinski definition) is 4. The van der Waals surface area contributed by atoms with Crippen LogP contribution in [0.3, 0.4) is 0 Å². The predicted octanol–water partition coefficient (Wildman–Crippen LogP) is 4.17. The molecule has 2 aromatic rings. The van der Waals surface area contributed by atoms with Gasteiger partial charge in [-0.3, -0.25) is 4.79 Å². The Kier molecular flexibility index (Phi) is 4.85. The summed E-state index contributed by atoms with van der Waals surface area (Å²) in [7, 11) is 0. The molecule has 3 aliphatic rings. The highest BCUT2D eigenvalue weighted by atomic mass is 16.6. The summed E-state index contributed by atoms with van der Waals surface area (Å²) in [6.45, 7) is 1.87. The Balaban J connectivity index is 1.07. The molecule has 0 aromatic heterocycles. The average molecular weight is 405 g/mol. The van der Waals surface area contributed by atoms with E-state index in [1.54, 1.807) is 0 Å². The van der Waals surface area contributed by atoms with E-state index in [0.717, 1.165) is 61.3 Å². The maximum absolute atomic E-state index is 12.4. The molecule has 2 aliphatic heterocycles. The van der Waals surface area contributed by atoms with E-state index in [2.05, 4.69) is 16.7 Å². The van der Waals surface area contributed by atoms with Crippen molar-refractivity contribution in [1.29, 1.82) is 0 Å². The number of carbonyl (C=O) groups excluding carboxylic acids is 2. The lowest BCUT2D eigenvalue weighted by atomic mass is 9.60. The molecule has 0 radical (unpaired) electrons. The molecule has 1 saturated carbocycles. The van der Waals surface area contributed by atoms with E-state index in [1.807, 2.05) is 47.4 Å². The number of amides is 2. The summed E-state index contributed by atoms with van der Waals surface area (Å²) >= 11 is 0. The van der Waals surface area contributed by atoms with E-state index >= 15 is 0 Å². The molecule has 1 aliphatic carbocycles. The van der Waals surface area contributed by atoms with Gasteiger partial charge < -0.3 is 20.3 Å². The standard InChI is InChI=1S/C24H27N3O3/c28-22-12-18-6-7-19(13-21(18)26-22)25-20-14-24(15-20)8-10-27(11-9-24)23(29)30-16-17-4-2-1-3-5-17/h1-7,13,20,25H,8-12,14-16H2,(H,26,28). The zero-order valence-corrected chi connectivity index (χ0v) is 17.0. The van der Waals surface area contributed by atoms with Crippen LogP contribution in [-0.2, 0) is 22.6 Å². The maximum Gasteiger partial charge on any atom is 0.410 e. The van der Waals surface area contributed by atoms with Gasteiger partial charge in [0.2, 0.25) is 5.91 Å².